The minimum atomic E-state index is 0.840. The predicted molar refractivity (Wildman–Crippen MR) is 103 cm³/mol. The lowest BCUT2D eigenvalue weighted by atomic mass is 10.1. The molecule has 124 valence electrons. The number of benzene rings is 1. The van der Waals surface area contributed by atoms with Gasteiger partial charge in [-0.1, -0.05) is 60.3 Å². The summed E-state index contributed by atoms with van der Waals surface area (Å²) in [6.45, 7) is 6.93. The van der Waals surface area contributed by atoms with Crippen LogP contribution in [0.5, 0.6) is 0 Å². The fourth-order valence-electron chi connectivity index (χ4n) is 2.42. The molecule has 0 spiro atoms. The van der Waals surface area contributed by atoms with E-state index in [4.69, 9.17) is 0 Å². The van der Waals surface area contributed by atoms with E-state index in [1.54, 1.807) is 23.1 Å². The first-order valence-electron chi connectivity index (χ1n) is 7.98. The molecule has 0 aliphatic carbocycles. The van der Waals surface area contributed by atoms with Crippen molar-refractivity contribution in [3.63, 3.8) is 0 Å². The van der Waals surface area contributed by atoms with Crippen LogP contribution in [0.2, 0.25) is 0 Å². The van der Waals surface area contributed by atoms with Crippen LogP contribution in [-0.2, 0) is 19.4 Å². The zero-order valence-corrected chi connectivity index (χ0v) is 15.4. The molecule has 0 saturated carbocycles. The average Bonchev–Trinajstić information content (AvgIpc) is 3.22. The Labute approximate surface area is 151 Å². The van der Waals surface area contributed by atoms with Crippen LogP contribution >= 0.6 is 23.1 Å². The first kappa shape index (κ1) is 17.0. The van der Waals surface area contributed by atoms with E-state index in [0.717, 1.165) is 41.7 Å². The zero-order chi connectivity index (χ0) is 16.8. The highest BCUT2D eigenvalue weighted by molar-refractivity contribution is 7.99. The zero-order valence-electron chi connectivity index (χ0n) is 13.8. The Bertz CT molecular complexity index is 776. The molecule has 2 aromatic heterocycles. The van der Waals surface area contributed by atoms with Gasteiger partial charge in [0.25, 0.3) is 0 Å². The quantitative estimate of drug-likeness (QED) is 0.428. The van der Waals surface area contributed by atoms with Crippen LogP contribution in [0.1, 0.15) is 23.2 Å². The van der Waals surface area contributed by atoms with Gasteiger partial charge in [-0.05, 0) is 30.4 Å². The lowest BCUT2D eigenvalue weighted by molar-refractivity contribution is 0.610. The Morgan fingerprint density at radius 3 is 2.71 bits per heavy atom. The van der Waals surface area contributed by atoms with Gasteiger partial charge in [-0.2, -0.15) is 0 Å². The number of thioether (sulfide) groups is 1. The van der Waals surface area contributed by atoms with Crippen LogP contribution in [-0.4, -0.2) is 20.5 Å². The molecule has 0 N–H and O–H groups in total. The standard InChI is InChI=1S/C19H21N3S2/c1-15(2)14-24-19-21-20-18(13-17-9-6-12-23-17)22(19)11-10-16-7-4-3-5-8-16/h3-9,12H,1,10-11,13-14H2,2H3. The summed E-state index contributed by atoms with van der Waals surface area (Å²) in [5, 5.41) is 12.0. The smallest absolute Gasteiger partial charge is 0.191 e. The van der Waals surface area contributed by atoms with Gasteiger partial charge in [0.05, 0.1) is 0 Å². The number of aryl methyl sites for hydroxylation is 1. The molecule has 0 radical (unpaired) electrons. The number of thiophene rings is 1. The minimum Gasteiger partial charge on any atom is -0.305 e. The number of hydrogen-bond acceptors (Lipinski definition) is 4. The molecule has 0 aliphatic rings. The Balaban J connectivity index is 1.78. The van der Waals surface area contributed by atoms with Crippen LogP contribution in [0.15, 0.2) is 65.2 Å². The highest BCUT2D eigenvalue weighted by atomic mass is 32.2. The van der Waals surface area contributed by atoms with Crippen molar-refractivity contribution in [2.24, 2.45) is 0 Å². The summed E-state index contributed by atoms with van der Waals surface area (Å²) >= 11 is 3.48. The van der Waals surface area contributed by atoms with Crippen LogP contribution in [0.3, 0.4) is 0 Å². The van der Waals surface area contributed by atoms with Gasteiger partial charge < -0.3 is 4.57 Å². The lowest BCUT2D eigenvalue weighted by Crippen LogP contribution is -2.08. The van der Waals surface area contributed by atoms with Gasteiger partial charge in [-0.25, -0.2) is 0 Å². The van der Waals surface area contributed by atoms with Gasteiger partial charge >= 0.3 is 0 Å². The molecule has 0 bridgehead atoms. The fourth-order valence-corrected chi connectivity index (χ4v) is 3.95. The highest BCUT2D eigenvalue weighted by Gasteiger charge is 2.13. The summed E-state index contributed by atoms with van der Waals surface area (Å²) in [6, 6.07) is 14.8. The van der Waals surface area contributed by atoms with Crippen molar-refractivity contribution in [3.05, 3.63) is 76.3 Å². The molecular weight excluding hydrogens is 334 g/mol. The molecule has 3 aromatic rings. The molecule has 5 heteroatoms. The molecule has 3 rings (SSSR count). The van der Waals surface area contributed by atoms with Crippen molar-refractivity contribution < 1.29 is 0 Å². The van der Waals surface area contributed by atoms with Crippen molar-refractivity contribution in [3.8, 4) is 0 Å². The Morgan fingerprint density at radius 2 is 2.00 bits per heavy atom. The van der Waals surface area contributed by atoms with E-state index < -0.39 is 0 Å². The van der Waals surface area contributed by atoms with Crippen molar-refractivity contribution >= 4 is 23.1 Å². The third-order valence-electron chi connectivity index (χ3n) is 3.62. The van der Waals surface area contributed by atoms with E-state index >= 15 is 0 Å². The summed E-state index contributed by atoms with van der Waals surface area (Å²) in [6.07, 6.45) is 1.82. The fraction of sp³-hybridized carbons (Fsp3) is 0.263. The highest BCUT2D eigenvalue weighted by Crippen LogP contribution is 2.22. The predicted octanol–water partition coefficient (Wildman–Crippen LogP) is 4.84. The van der Waals surface area contributed by atoms with Crippen molar-refractivity contribution in [1.82, 2.24) is 14.8 Å². The molecule has 0 amide bonds. The summed E-state index contributed by atoms with van der Waals surface area (Å²) < 4.78 is 2.26. The van der Waals surface area contributed by atoms with Gasteiger partial charge in [0.15, 0.2) is 5.16 Å². The Hall–Kier alpha value is -1.85. The normalized spacial score (nSPS) is 10.9. The Morgan fingerprint density at radius 1 is 1.17 bits per heavy atom. The van der Waals surface area contributed by atoms with E-state index in [9.17, 15) is 0 Å². The summed E-state index contributed by atoms with van der Waals surface area (Å²) in [5.41, 5.74) is 2.49. The molecule has 3 nitrogen and oxygen atoms in total. The third kappa shape index (κ3) is 4.58. The number of nitrogens with zero attached hydrogens (tertiary/aromatic N) is 3. The maximum atomic E-state index is 4.45. The molecule has 0 aliphatic heterocycles. The van der Waals surface area contributed by atoms with Gasteiger partial charge in [-0.3, -0.25) is 0 Å². The maximum absolute atomic E-state index is 4.45. The molecule has 2 heterocycles. The van der Waals surface area contributed by atoms with E-state index in [2.05, 4.69) is 69.2 Å². The van der Waals surface area contributed by atoms with Gasteiger partial charge in [0.1, 0.15) is 5.82 Å². The van der Waals surface area contributed by atoms with Crippen molar-refractivity contribution in [2.45, 2.75) is 31.5 Å². The monoisotopic (exact) mass is 355 g/mol. The Kier molecular flexibility index (Phi) is 5.88. The first-order valence-corrected chi connectivity index (χ1v) is 9.84. The molecule has 0 fully saturated rings. The number of rotatable bonds is 8. The second-order valence-electron chi connectivity index (χ2n) is 5.79. The van der Waals surface area contributed by atoms with E-state index in [-0.39, 0.29) is 0 Å². The number of aromatic nitrogens is 3. The molecule has 1 aromatic carbocycles. The summed E-state index contributed by atoms with van der Waals surface area (Å²) in [4.78, 5) is 1.32. The topological polar surface area (TPSA) is 30.7 Å². The maximum Gasteiger partial charge on any atom is 0.191 e. The summed E-state index contributed by atoms with van der Waals surface area (Å²) in [7, 11) is 0. The van der Waals surface area contributed by atoms with Gasteiger partial charge in [-0.15, -0.1) is 21.5 Å². The molecule has 0 saturated heterocycles. The van der Waals surface area contributed by atoms with Crippen LogP contribution in [0.4, 0.5) is 0 Å². The van der Waals surface area contributed by atoms with Crippen LogP contribution in [0, 0.1) is 0 Å². The molecule has 24 heavy (non-hydrogen) atoms. The second kappa shape index (κ2) is 8.31. The molecular formula is C19H21N3S2. The van der Waals surface area contributed by atoms with Gasteiger partial charge in [0.2, 0.25) is 0 Å². The van der Waals surface area contributed by atoms with Crippen LogP contribution < -0.4 is 0 Å². The van der Waals surface area contributed by atoms with E-state index in [1.165, 1.54) is 10.4 Å². The molecule has 0 unspecified atom stereocenters. The summed E-state index contributed by atoms with van der Waals surface area (Å²) in [5.74, 6) is 1.92. The van der Waals surface area contributed by atoms with Crippen molar-refractivity contribution in [2.75, 3.05) is 5.75 Å². The lowest BCUT2D eigenvalue weighted by Gasteiger charge is -2.10. The third-order valence-corrected chi connectivity index (χ3v) is 5.69. The minimum absolute atomic E-state index is 0.840. The first-order chi connectivity index (χ1) is 11.7. The SMILES string of the molecule is C=C(C)CSc1nnc(Cc2cccs2)n1CCc1ccccc1. The second-order valence-corrected chi connectivity index (χ2v) is 7.76. The number of hydrogen-bond donors (Lipinski definition) is 0. The van der Waals surface area contributed by atoms with Crippen LogP contribution in [0.25, 0.3) is 0 Å². The van der Waals surface area contributed by atoms with Crippen molar-refractivity contribution in [1.29, 1.82) is 0 Å². The van der Waals surface area contributed by atoms with E-state index in [0.29, 0.717) is 0 Å². The average molecular weight is 356 g/mol. The van der Waals surface area contributed by atoms with E-state index in [1.807, 2.05) is 6.92 Å². The van der Waals surface area contributed by atoms with Gasteiger partial charge in [0, 0.05) is 23.6 Å². The molecule has 0 atom stereocenters. The largest absolute Gasteiger partial charge is 0.305 e.